The number of para-hydroxylation sites is 1. The third kappa shape index (κ3) is 3.86. The molecule has 0 bridgehead atoms. The van der Waals surface area contributed by atoms with Gasteiger partial charge < -0.3 is 5.11 Å². The second kappa shape index (κ2) is 7.93. The highest BCUT2D eigenvalue weighted by Crippen LogP contribution is 2.33. The Morgan fingerprint density at radius 3 is 2.64 bits per heavy atom. The SMILES string of the molecule is O=c1c2ccccc2nc(C2CCCN2CC2CCS(=O)(=O)CC2)n1CCO. The van der Waals surface area contributed by atoms with E-state index in [0.717, 1.165) is 31.8 Å². The molecule has 1 unspecified atom stereocenters. The first kappa shape index (κ1) is 19.5. The third-order valence-electron chi connectivity index (χ3n) is 6.04. The Morgan fingerprint density at radius 1 is 1.14 bits per heavy atom. The molecule has 2 saturated heterocycles. The van der Waals surface area contributed by atoms with E-state index >= 15 is 0 Å². The fraction of sp³-hybridized carbons (Fsp3) is 0.600. The maximum atomic E-state index is 13.0. The Morgan fingerprint density at radius 2 is 1.89 bits per heavy atom. The minimum Gasteiger partial charge on any atom is -0.395 e. The Hall–Kier alpha value is -1.77. The molecule has 8 heteroatoms. The van der Waals surface area contributed by atoms with E-state index in [1.807, 2.05) is 18.2 Å². The molecule has 1 N–H and O–H groups in total. The molecule has 2 fully saturated rings. The zero-order chi connectivity index (χ0) is 19.7. The van der Waals surface area contributed by atoms with E-state index in [9.17, 15) is 18.3 Å². The van der Waals surface area contributed by atoms with E-state index in [1.54, 1.807) is 10.6 Å². The van der Waals surface area contributed by atoms with Gasteiger partial charge in [-0.2, -0.15) is 0 Å². The van der Waals surface area contributed by atoms with Gasteiger partial charge in [-0.3, -0.25) is 14.3 Å². The van der Waals surface area contributed by atoms with Crippen molar-refractivity contribution in [3.63, 3.8) is 0 Å². The van der Waals surface area contributed by atoms with Crippen molar-refractivity contribution >= 4 is 20.7 Å². The van der Waals surface area contributed by atoms with Crippen LogP contribution in [0, 0.1) is 5.92 Å². The summed E-state index contributed by atoms with van der Waals surface area (Å²) in [7, 11) is -2.86. The number of fused-ring (bicyclic) bond motifs is 1. The molecule has 0 saturated carbocycles. The summed E-state index contributed by atoms with van der Waals surface area (Å²) in [6.45, 7) is 1.88. The highest BCUT2D eigenvalue weighted by Gasteiger charge is 2.33. The highest BCUT2D eigenvalue weighted by molar-refractivity contribution is 7.91. The average Bonchev–Trinajstić information content (AvgIpc) is 3.14. The first-order valence-corrected chi connectivity index (χ1v) is 11.9. The minimum atomic E-state index is -2.86. The lowest BCUT2D eigenvalue weighted by molar-refractivity contribution is 0.193. The van der Waals surface area contributed by atoms with Crippen LogP contribution >= 0.6 is 0 Å². The number of nitrogens with zero attached hydrogens (tertiary/aromatic N) is 3. The maximum absolute atomic E-state index is 13.0. The van der Waals surface area contributed by atoms with Crippen LogP contribution in [0.2, 0.25) is 0 Å². The summed E-state index contributed by atoms with van der Waals surface area (Å²) < 4.78 is 25.0. The predicted molar refractivity (Wildman–Crippen MR) is 108 cm³/mol. The van der Waals surface area contributed by atoms with E-state index in [0.29, 0.717) is 29.7 Å². The predicted octanol–water partition coefficient (Wildman–Crippen LogP) is 1.35. The van der Waals surface area contributed by atoms with Crippen LogP contribution in [0.5, 0.6) is 0 Å². The van der Waals surface area contributed by atoms with Crippen molar-refractivity contribution in [2.45, 2.75) is 38.3 Å². The number of aliphatic hydroxyl groups excluding tert-OH is 1. The molecular weight excluding hydrogens is 378 g/mol. The van der Waals surface area contributed by atoms with Crippen LogP contribution < -0.4 is 5.56 Å². The molecule has 2 aliphatic rings. The zero-order valence-corrected chi connectivity index (χ0v) is 16.8. The number of sulfone groups is 1. The highest BCUT2D eigenvalue weighted by atomic mass is 32.2. The van der Waals surface area contributed by atoms with Crippen LogP contribution in [0.15, 0.2) is 29.1 Å². The number of likely N-dealkylation sites (tertiary alicyclic amines) is 1. The Balaban J connectivity index is 1.64. The van der Waals surface area contributed by atoms with Crippen LogP contribution in [-0.2, 0) is 16.4 Å². The van der Waals surface area contributed by atoms with Gasteiger partial charge in [0.05, 0.1) is 41.6 Å². The lowest BCUT2D eigenvalue weighted by Crippen LogP contribution is -2.37. The van der Waals surface area contributed by atoms with Gasteiger partial charge in [0.1, 0.15) is 15.7 Å². The average molecular weight is 406 g/mol. The molecule has 7 nitrogen and oxygen atoms in total. The van der Waals surface area contributed by atoms with E-state index in [4.69, 9.17) is 4.98 Å². The number of aromatic nitrogens is 2. The zero-order valence-electron chi connectivity index (χ0n) is 16.0. The molecule has 3 heterocycles. The third-order valence-corrected chi connectivity index (χ3v) is 7.76. The fourth-order valence-corrected chi connectivity index (χ4v) is 6.13. The lowest BCUT2D eigenvalue weighted by Gasteiger charge is -2.31. The molecule has 0 radical (unpaired) electrons. The van der Waals surface area contributed by atoms with Crippen LogP contribution in [0.1, 0.15) is 37.5 Å². The summed E-state index contributed by atoms with van der Waals surface area (Å²) in [5.74, 6) is 1.64. The Labute approximate surface area is 164 Å². The van der Waals surface area contributed by atoms with Crippen LogP contribution in [-0.4, -0.2) is 59.2 Å². The van der Waals surface area contributed by atoms with Crippen molar-refractivity contribution in [1.29, 1.82) is 0 Å². The molecule has 152 valence electrons. The number of aliphatic hydroxyl groups is 1. The molecule has 0 amide bonds. The van der Waals surface area contributed by atoms with Gasteiger partial charge in [-0.15, -0.1) is 0 Å². The molecule has 1 aromatic carbocycles. The van der Waals surface area contributed by atoms with Crippen molar-refractivity contribution in [1.82, 2.24) is 14.5 Å². The summed E-state index contributed by atoms with van der Waals surface area (Å²) in [4.78, 5) is 20.2. The molecule has 28 heavy (non-hydrogen) atoms. The molecule has 0 spiro atoms. The van der Waals surface area contributed by atoms with Gasteiger partial charge in [-0.25, -0.2) is 13.4 Å². The van der Waals surface area contributed by atoms with Gasteiger partial charge in [-0.05, 0) is 50.3 Å². The monoisotopic (exact) mass is 405 g/mol. The fourth-order valence-electron chi connectivity index (χ4n) is 4.55. The molecule has 4 rings (SSSR count). The summed E-state index contributed by atoms with van der Waals surface area (Å²) in [6.07, 6.45) is 3.36. The quantitative estimate of drug-likeness (QED) is 0.807. The van der Waals surface area contributed by atoms with Crippen molar-refractivity contribution in [2.75, 3.05) is 31.2 Å². The van der Waals surface area contributed by atoms with Crippen LogP contribution in [0.4, 0.5) is 0 Å². The van der Waals surface area contributed by atoms with E-state index < -0.39 is 9.84 Å². The van der Waals surface area contributed by atoms with Gasteiger partial charge in [0.2, 0.25) is 0 Å². The number of hydrogen-bond acceptors (Lipinski definition) is 6. The standard InChI is InChI=1S/C20H27N3O4S/c24-11-10-23-19(21-17-5-2-1-4-16(17)20(23)25)18-6-3-9-22(18)14-15-7-12-28(26,27)13-8-15/h1-2,4-5,15,18,24H,3,6-14H2. The van der Waals surface area contributed by atoms with Gasteiger partial charge in [0.25, 0.3) is 5.56 Å². The van der Waals surface area contributed by atoms with E-state index in [2.05, 4.69) is 4.90 Å². The van der Waals surface area contributed by atoms with E-state index in [1.165, 1.54) is 0 Å². The molecular formula is C20H27N3O4S. The molecule has 1 atom stereocenters. The maximum Gasteiger partial charge on any atom is 0.261 e. The topological polar surface area (TPSA) is 92.5 Å². The largest absolute Gasteiger partial charge is 0.395 e. The summed E-state index contributed by atoms with van der Waals surface area (Å²) in [5, 5.41) is 10.1. The summed E-state index contributed by atoms with van der Waals surface area (Å²) >= 11 is 0. The molecule has 1 aromatic heterocycles. The molecule has 2 aromatic rings. The van der Waals surface area contributed by atoms with Gasteiger partial charge in [0.15, 0.2) is 0 Å². The van der Waals surface area contributed by atoms with Crippen molar-refractivity contribution in [2.24, 2.45) is 5.92 Å². The number of rotatable bonds is 5. The van der Waals surface area contributed by atoms with Crippen molar-refractivity contribution in [3.8, 4) is 0 Å². The Bertz CT molecular complexity index is 1000. The van der Waals surface area contributed by atoms with Crippen molar-refractivity contribution in [3.05, 3.63) is 40.4 Å². The number of hydrogen-bond donors (Lipinski definition) is 1. The first-order valence-electron chi connectivity index (χ1n) is 10.0. The van der Waals surface area contributed by atoms with Gasteiger partial charge in [-0.1, -0.05) is 12.1 Å². The van der Waals surface area contributed by atoms with E-state index in [-0.39, 0.29) is 36.3 Å². The van der Waals surface area contributed by atoms with Gasteiger partial charge >= 0.3 is 0 Å². The smallest absolute Gasteiger partial charge is 0.261 e. The second-order valence-corrected chi connectivity index (χ2v) is 10.2. The Kier molecular flexibility index (Phi) is 5.53. The van der Waals surface area contributed by atoms with Crippen LogP contribution in [0.3, 0.4) is 0 Å². The first-order chi connectivity index (χ1) is 13.5. The lowest BCUT2D eigenvalue weighted by atomic mass is 10.0. The van der Waals surface area contributed by atoms with Crippen LogP contribution in [0.25, 0.3) is 10.9 Å². The van der Waals surface area contributed by atoms with Crippen molar-refractivity contribution < 1.29 is 13.5 Å². The summed E-state index contributed by atoms with van der Waals surface area (Å²) in [5.41, 5.74) is 0.581. The molecule has 0 aliphatic carbocycles. The number of benzene rings is 1. The normalized spacial score (nSPS) is 23.4. The minimum absolute atomic E-state index is 0.0300. The second-order valence-electron chi connectivity index (χ2n) is 7.92. The molecule has 2 aliphatic heterocycles. The summed E-state index contributed by atoms with van der Waals surface area (Å²) in [6, 6.07) is 7.37. The van der Waals surface area contributed by atoms with Gasteiger partial charge in [0, 0.05) is 6.54 Å².